The summed E-state index contributed by atoms with van der Waals surface area (Å²) >= 11 is 1.97. The predicted molar refractivity (Wildman–Crippen MR) is 57.6 cm³/mol. The summed E-state index contributed by atoms with van der Waals surface area (Å²) in [5, 5.41) is 8.77. The average molecular weight is 190 g/mol. The minimum atomic E-state index is 0.331. The van der Waals surface area contributed by atoms with Gasteiger partial charge in [-0.1, -0.05) is 27.2 Å². The number of rotatable bonds is 7. The summed E-state index contributed by atoms with van der Waals surface area (Å²) in [5.74, 6) is 3.66. The first-order valence-electron chi connectivity index (χ1n) is 4.85. The molecule has 0 rings (SSSR count). The Morgan fingerprint density at radius 2 is 1.92 bits per heavy atom. The molecule has 0 aliphatic heterocycles. The van der Waals surface area contributed by atoms with Crippen LogP contribution in [0, 0.1) is 11.8 Å². The van der Waals surface area contributed by atoms with Crippen LogP contribution >= 0.6 is 11.8 Å². The third-order valence-electron chi connectivity index (χ3n) is 1.78. The van der Waals surface area contributed by atoms with Gasteiger partial charge in [-0.25, -0.2) is 0 Å². The Bertz CT molecular complexity index is 93.8. The van der Waals surface area contributed by atoms with Crippen LogP contribution in [-0.4, -0.2) is 23.2 Å². The lowest BCUT2D eigenvalue weighted by molar-refractivity contribution is 0.250. The van der Waals surface area contributed by atoms with Gasteiger partial charge in [0.15, 0.2) is 0 Å². The average Bonchev–Trinajstić information content (AvgIpc) is 2.03. The number of aliphatic hydroxyl groups is 1. The van der Waals surface area contributed by atoms with E-state index in [4.69, 9.17) is 5.11 Å². The van der Waals surface area contributed by atoms with E-state index in [1.54, 1.807) is 0 Å². The van der Waals surface area contributed by atoms with Gasteiger partial charge in [0.25, 0.3) is 0 Å². The van der Waals surface area contributed by atoms with E-state index in [1.807, 2.05) is 11.8 Å². The van der Waals surface area contributed by atoms with E-state index < -0.39 is 0 Å². The van der Waals surface area contributed by atoms with Crippen LogP contribution in [0.4, 0.5) is 0 Å². The molecule has 1 N–H and O–H groups in total. The first-order valence-corrected chi connectivity index (χ1v) is 6.01. The molecule has 0 aromatic rings. The second-order valence-corrected chi connectivity index (χ2v) is 5.05. The molecule has 0 aliphatic rings. The molecule has 0 fully saturated rings. The lowest BCUT2D eigenvalue weighted by atomic mass is 10.1. The summed E-state index contributed by atoms with van der Waals surface area (Å²) in [6.07, 6.45) is 2.65. The van der Waals surface area contributed by atoms with Crippen LogP contribution < -0.4 is 0 Å². The standard InChI is InChI=1S/C10H22OS/c1-9(2)5-4-6-12-8-10(3)7-11/h9-11H,4-8H2,1-3H3. The quantitative estimate of drug-likeness (QED) is 0.623. The van der Waals surface area contributed by atoms with Gasteiger partial charge < -0.3 is 5.11 Å². The molecule has 2 heteroatoms. The van der Waals surface area contributed by atoms with Crippen LogP contribution in [0.25, 0.3) is 0 Å². The summed E-state index contributed by atoms with van der Waals surface area (Å²) in [6.45, 7) is 6.95. The van der Waals surface area contributed by atoms with E-state index in [0.29, 0.717) is 12.5 Å². The first-order chi connectivity index (χ1) is 5.66. The molecule has 0 radical (unpaired) electrons. The van der Waals surface area contributed by atoms with E-state index in [-0.39, 0.29) is 0 Å². The summed E-state index contributed by atoms with van der Waals surface area (Å²) in [4.78, 5) is 0. The summed E-state index contributed by atoms with van der Waals surface area (Å²) in [5.41, 5.74) is 0. The SMILES string of the molecule is CC(C)CCCSCC(C)CO. The summed E-state index contributed by atoms with van der Waals surface area (Å²) in [7, 11) is 0. The molecule has 74 valence electrons. The molecule has 1 unspecified atom stereocenters. The van der Waals surface area contributed by atoms with E-state index in [1.165, 1.54) is 18.6 Å². The molecule has 0 heterocycles. The van der Waals surface area contributed by atoms with Gasteiger partial charge in [-0.3, -0.25) is 0 Å². The van der Waals surface area contributed by atoms with Gasteiger partial charge in [-0.05, 0) is 29.8 Å². The van der Waals surface area contributed by atoms with Crippen molar-refractivity contribution in [3.8, 4) is 0 Å². The van der Waals surface area contributed by atoms with Gasteiger partial charge in [0.05, 0.1) is 0 Å². The molecule has 12 heavy (non-hydrogen) atoms. The Kier molecular flexibility index (Phi) is 8.14. The summed E-state index contributed by atoms with van der Waals surface area (Å²) in [6, 6.07) is 0. The van der Waals surface area contributed by atoms with Gasteiger partial charge in [-0.2, -0.15) is 11.8 Å². The lowest BCUT2D eigenvalue weighted by Gasteiger charge is -2.07. The van der Waals surface area contributed by atoms with Gasteiger partial charge in [0.2, 0.25) is 0 Å². The number of hydrogen-bond acceptors (Lipinski definition) is 2. The molecule has 0 aromatic carbocycles. The smallest absolute Gasteiger partial charge is 0.0464 e. The van der Waals surface area contributed by atoms with Gasteiger partial charge >= 0.3 is 0 Å². The van der Waals surface area contributed by atoms with Crippen molar-refractivity contribution in [1.82, 2.24) is 0 Å². The Balaban J connectivity index is 3.00. The fourth-order valence-electron chi connectivity index (χ4n) is 0.931. The van der Waals surface area contributed by atoms with Gasteiger partial charge in [-0.15, -0.1) is 0 Å². The highest BCUT2D eigenvalue weighted by atomic mass is 32.2. The molecular weight excluding hydrogens is 168 g/mol. The van der Waals surface area contributed by atoms with Crippen LogP contribution in [0.5, 0.6) is 0 Å². The fourth-order valence-corrected chi connectivity index (χ4v) is 1.98. The summed E-state index contributed by atoms with van der Waals surface area (Å²) < 4.78 is 0. The fraction of sp³-hybridized carbons (Fsp3) is 1.00. The monoisotopic (exact) mass is 190 g/mol. The van der Waals surface area contributed by atoms with E-state index >= 15 is 0 Å². The maximum absolute atomic E-state index is 8.77. The molecule has 0 aromatic heterocycles. The first kappa shape index (κ1) is 12.3. The molecule has 0 spiro atoms. The zero-order chi connectivity index (χ0) is 9.40. The van der Waals surface area contributed by atoms with Crippen molar-refractivity contribution in [1.29, 1.82) is 0 Å². The second-order valence-electron chi connectivity index (χ2n) is 3.90. The van der Waals surface area contributed by atoms with Gasteiger partial charge in [0, 0.05) is 6.61 Å². The number of thioether (sulfide) groups is 1. The van der Waals surface area contributed by atoms with Crippen molar-refractivity contribution in [2.24, 2.45) is 11.8 Å². The highest BCUT2D eigenvalue weighted by molar-refractivity contribution is 7.99. The molecule has 1 nitrogen and oxygen atoms in total. The van der Waals surface area contributed by atoms with Crippen molar-refractivity contribution in [2.75, 3.05) is 18.1 Å². The minimum Gasteiger partial charge on any atom is -0.396 e. The molecule has 1 atom stereocenters. The van der Waals surface area contributed by atoms with Crippen LogP contribution in [0.2, 0.25) is 0 Å². The van der Waals surface area contributed by atoms with Gasteiger partial charge in [0.1, 0.15) is 0 Å². The van der Waals surface area contributed by atoms with Crippen molar-refractivity contribution in [3.63, 3.8) is 0 Å². The highest BCUT2D eigenvalue weighted by Crippen LogP contribution is 2.12. The van der Waals surface area contributed by atoms with Crippen LogP contribution in [-0.2, 0) is 0 Å². The van der Waals surface area contributed by atoms with Crippen molar-refractivity contribution in [2.45, 2.75) is 33.6 Å². The molecule has 0 aliphatic carbocycles. The second kappa shape index (κ2) is 7.93. The molecule has 0 bridgehead atoms. The van der Waals surface area contributed by atoms with Crippen LogP contribution in [0.3, 0.4) is 0 Å². The van der Waals surface area contributed by atoms with Crippen molar-refractivity contribution in [3.05, 3.63) is 0 Å². The number of aliphatic hydroxyl groups excluding tert-OH is 1. The maximum atomic E-state index is 8.77. The van der Waals surface area contributed by atoms with Crippen molar-refractivity contribution < 1.29 is 5.11 Å². The molecule has 0 amide bonds. The van der Waals surface area contributed by atoms with E-state index in [2.05, 4.69) is 20.8 Å². The predicted octanol–water partition coefficient (Wildman–Crippen LogP) is 2.78. The third kappa shape index (κ3) is 8.41. The minimum absolute atomic E-state index is 0.331. The Labute approximate surface area is 80.9 Å². The number of hydrogen-bond donors (Lipinski definition) is 1. The largest absolute Gasteiger partial charge is 0.396 e. The zero-order valence-corrected chi connectivity index (χ0v) is 9.36. The van der Waals surface area contributed by atoms with E-state index in [9.17, 15) is 0 Å². The topological polar surface area (TPSA) is 20.2 Å². The Morgan fingerprint density at radius 3 is 2.42 bits per heavy atom. The molecule has 0 saturated heterocycles. The third-order valence-corrected chi connectivity index (χ3v) is 3.17. The zero-order valence-electron chi connectivity index (χ0n) is 8.55. The Morgan fingerprint density at radius 1 is 1.25 bits per heavy atom. The molecule has 0 saturated carbocycles. The van der Waals surface area contributed by atoms with Crippen molar-refractivity contribution >= 4 is 11.8 Å². The normalized spacial score (nSPS) is 13.8. The van der Waals surface area contributed by atoms with Crippen LogP contribution in [0.1, 0.15) is 33.6 Å². The van der Waals surface area contributed by atoms with E-state index in [0.717, 1.165) is 11.7 Å². The Hall–Kier alpha value is 0.310. The maximum Gasteiger partial charge on any atom is 0.0464 e. The highest BCUT2D eigenvalue weighted by Gasteiger charge is 1.99. The lowest BCUT2D eigenvalue weighted by Crippen LogP contribution is -2.04. The molecular formula is C10H22OS. The van der Waals surface area contributed by atoms with Crippen LogP contribution in [0.15, 0.2) is 0 Å².